The summed E-state index contributed by atoms with van der Waals surface area (Å²) >= 11 is 0. The van der Waals surface area contributed by atoms with Crippen molar-refractivity contribution in [3.05, 3.63) is 23.3 Å². The molecule has 0 amide bonds. The summed E-state index contributed by atoms with van der Waals surface area (Å²) in [6.07, 6.45) is 14.2. The lowest BCUT2D eigenvalue weighted by atomic mass is 9.47. The molecule has 0 aliphatic heterocycles. The van der Waals surface area contributed by atoms with Gasteiger partial charge in [-0.3, -0.25) is 4.79 Å². The van der Waals surface area contributed by atoms with E-state index in [4.69, 9.17) is 4.74 Å². The summed E-state index contributed by atoms with van der Waals surface area (Å²) < 4.78 is 5.68. The third-order valence-electron chi connectivity index (χ3n) is 8.61. The average molecular weight is 343 g/mol. The minimum atomic E-state index is -0.0381. The van der Waals surface area contributed by atoms with Gasteiger partial charge in [0, 0.05) is 12.8 Å². The Balaban J connectivity index is 1.56. The molecule has 4 aliphatic carbocycles. The van der Waals surface area contributed by atoms with Crippen LogP contribution in [0.5, 0.6) is 0 Å². The van der Waals surface area contributed by atoms with E-state index in [1.807, 2.05) is 6.92 Å². The van der Waals surface area contributed by atoms with Gasteiger partial charge in [-0.15, -0.1) is 0 Å². The standard InChI is InChI=1S/C23H34O2/c1-5-21(24)25-17-10-12-23(4)16(14-17)7-8-18-19-9-6-15(2)22(19,3)13-11-20(18)23/h6-7,17-20H,5,8-14H2,1-4H3/t17-,18?,19?,20?,22+,23-/m0/s1. The van der Waals surface area contributed by atoms with Crippen LogP contribution in [0, 0.1) is 28.6 Å². The number of hydrogen-bond acceptors (Lipinski definition) is 2. The third kappa shape index (κ3) is 2.54. The summed E-state index contributed by atoms with van der Waals surface area (Å²) in [5.41, 5.74) is 4.04. The summed E-state index contributed by atoms with van der Waals surface area (Å²) in [4.78, 5) is 11.7. The summed E-state index contributed by atoms with van der Waals surface area (Å²) in [7, 11) is 0. The third-order valence-corrected chi connectivity index (χ3v) is 8.61. The number of ether oxygens (including phenoxy) is 1. The number of rotatable bonds is 2. The Kier molecular flexibility index (Phi) is 4.16. The van der Waals surface area contributed by atoms with Crippen molar-refractivity contribution in [2.75, 3.05) is 0 Å². The normalized spacial score (nSPS) is 45.6. The molecule has 0 bridgehead atoms. The Bertz CT molecular complexity index is 630. The van der Waals surface area contributed by atoms with Crippen LogP contribution in [0.4, 0.5) is 0 Å². The number of hydrogen-bond donors (Lipinski definition) is 0. The number of carbonyl (C=O) groups is 1. The van der Waals surface area contributed by atoms with Crippen LogP contribution in [-0.2, 0) is 9.53 Å². The van der Waals surface area contributed by atoms with Crippen molar-refractivity contribution >= 4 is 5.97 Å². The van der Waals surface area contributed by atoms with Crippen molar-refractivity contribution in [1.82, 2.24) is 0 Å². The summed E-state index contributed by atoms with van der Waals surface area (Å²) in [5.74, 6) is 2.48. The molecular weight excluding hydrogens is 308 g/mol. The van der Waals surface area contributed by atoms with Gasteiger partial charge in [0.15, 0.2) is 0 Å². The maximum atomic E-state index is 11.7. The van der Waals surface area contributed by atoms with Crippen molar-refractivity contribution < 1.29 is 9.53 Å². The van der Waals surface area contributed by atoms with Crippen LogP contribution in [-0.4, -0.2) is 12.1 Å². The zero-order valence-electron chi connectivity index (χ0n) is 16.4. The summed E-state index contributed by atoms with van der Waals surface area (Å²) in [5, 5.41) is 0. The van der Waals surface area contributed by atoms with Gasteiger partial charge in [-0.25, -0.2) is 0 Å². The fourth-order valence-electron chi connectivity index (χ4n) is 6.78. The maximum Gasteiger partial charge on any atom is 0.305 e. The van der Waals surface area contributed by atoms with Gasteiger partial charge in [0.25, 0.3) is 0 Å². The van der Waals surface area contributed by atoms with E-state index < -0.39 is 0 Å². The minimum Gasteiger partial charge on any atom is -0.462 e. The summed E-state index contributed by atoms with van der Waals surface area (Å²) in [6.45, 7) is 9.29. The SMILES string of the molecule is CCC(=O)O[C@H]1CC[C@@]2(C)C(=CCC3C2CC[C@]2(C)C(C)=CCC32)C1. The lowest BCUT2D eigenvalue weighted by molar-refractivity contribution is -0.151. The van der Waals surface area contributed by atoms with E-state index in [-0.39, 0.29) is 12.1 Å². The number of carbonyl (C=O) groups excluding carboxylic acids is 1. The molecule has 0 aromatic heterocycles. The van der Waals surface area contributed by atoms with Gasteiger partial charge in [-0.05, 0) is 74.0 Å². The van der Waals surface area contributed by atoms with E-state index in [2.05, 4.69) is 32.9 Å². The Morgan fingerprint density at radius 1 is 1.12 bits per heavy atom. The molecule has 0 spiro atoms. The lowest BCUT2D eigenvalue weighted by Crippen LogP contribution is -2.50. The molecular formula is C23H34O2. The van der Waals surface area contributed by atoms with Crippen LogP contribution in [0.15, 0.2) is 23.3 Å². The average Bonchev–Trinajstić information content (AvgIpc) is 2.90. The zero-order chi connectivity index (χ0) is 17.8. The van der Waals surface area contributed by atoms with E-state index in [0.717, 1.165) is 30.6 Å². The number of esters is 1. The van der Waals surface area contributed by atoms with Crippen molar-refractivity contribution in [2.24, 2.45) is 28.6 Å². The fourth-order valence-corrected chi connectivity index (χ4v) is 6.78. The van der Waals surface area contributed by atoms with Crippen molar-refractivity contribution in [3.8, 4) is 0 Å². The molecule has 0 heterocycles. The molecule has 2 fully saturated rings. The molecule has 3 unspecified atom stereocenters. The largest absolute Gasteiger partial charge is 0.462 e. The Labute approximate surface area is 153 Å². The zero-order valence-corrected chi connectivity index (χ0v) is 16.4. The van der Waals surface area contributed by atoms with Crippen LogP contribution in [0.3, 0.4) is 0 Å². The molecule has 0 aromatic carbocycles. The molecule has 25 heavy (non-hydrogen) atoms. The predicted octanol–water partition coefficient (Wildman–Crippen LogP) is 5.83. The first-order valence-electron chi connectivity index (χ1n) is 10.4. The second-order valence-electron chi connectivity index (χ2n) is 9.55. The molecule has 138 valence electrons. The molecule has 4 rings (SSSR count). The Morgan fingerprint density at radius 2 is 1.88 bits per heavy atom. The Morgan fingerprint density at radius 3 is 2.64 bits per heavy atom. The number of fused-ring (bicyclic) bond motifs is 5. The van der Waals surface area contributed by atoms with Gasteiger partial charge in [0.05, 0.1) is 0 Å². The highest BCUT2D eigenvalue weighted by molar-refractivity contribution is 5.69. The molecule has 0 N–H and O–H groups in total. The highest BCUT2D eigenvalue weighted by Gasteiger charge is 2.56. The second kappa shape index (κ2) is 5.99. The molecule has 0 radical (unpaired) electrons. The maximum absolute atomic E-state index is 11.7. The predicted molar refractivity (Wildman–Crippen MR) is 101 cm³/mol. The van der Waals surface area contributed by atoms with Crippen molar-refractivity contribution in [2.45, 2.75) is 85.2 Å². The van der Waals surface area contributed by atoms with Gasteiger partial charge < -0.3 is 4.74 Å². The van der Waals surface area contributed by atoms with E-state index in [1.165, 1.54) is 32.1 Å². The number of allylic oxidation sites excluding steroid dienone is 3. The molecule has 0 aromatic rings. The highest BCUT2D eigenvalue weighted by Crippen LogP contribution is 2.64. The lowest BCUT2D eigenvalue weighted by Gasteiger charge is -2.57. The van der Waals surface area contributed by atoms with Gasteiger partial charge >= 0.3 is 5.97 Å². The van der Waals surface area contributed by atoms with Crippen molar-refractivity contribution in [3.63, 3.8) is 0 Å². The van der Waals surface area contributed by atoms with Crippen LogP contribution in [0.1, 0.15) is 79.1 Å². The second-order valence-corrected chi connectivity index (χ2v) is 9.55. The Hall–Kier alpha value is -1.05. The van der Waals surface area contributed by atoms with Gasteiger partial charge in [0.1, 0.15) is 6.10 Å². The smallest absolute Gasteiger partial charge is 0.305 e. The van der Waals surface area contributed by atoms with Crippen molar-refractivity contribution in [1.29, 1.82) is 0 Å². The topological polar surface area (TPSA) is 26.3 Å². The van der Waals surface area contributed by atoms with Gasteiger partial charge in [-0.1, -0.05) is 44.1 Å². The van der Waals surface area contributed by atoms with Gasteiger partial charge in [0.2, 0.25) is 0 Å². The van der Waals surface area contributed by atoms with Crippen LogP contribution < -0.4 is 0 Å². The fraction of sp³-hybridized carbons (Fsp3) is 0.783. The van der Waals surface area contributed by atoms with Gasteiger partial charge in [-0.2, -0.15) is 0 Å². The molecule has 2 saturated carbocycles. The van der Waals surface area contributed by atoms with E-state index >= 15 is 0 Å². The molecule has 6 atom stereocenters. The molecule has 4 aliphatic rings. The first-order chi connectivity index (χ1) is 11.9. The molecule has 2 heteroatoms. The first-order valence-corrected chi connectivity index (χ1v) is 10.4. The van der Waals surface area contributed by atoms with Crippen LogP contribution in [0.2, 0.25) is 0 Å². The van der Waals surface area contributed by atoms with Crippen LogP contribution in [0.25, 0.3) is 0 Å². The highest BCUT2D eigenvalue weighted by atomic mass is 16.5. The monoisotopic (exact) mass is 342 g/mol. The molecule has 0 saturated heterocycles. The van der Waals surface area contributed by atoms with E-state index in [0.29, 0.717) is 17.3 Å². The minimum absolute atomic E-state index is 0.0381. The molecule has 2 nitrogen and oxygen atoms in total. The quantitative estimate of drug-likeness (QED) is 0.466. The van der Waals surface area contributed by atoms with E-state index in [9.17, 15) is 4.79 Å². The van der Waals surface area contributed by atoms with E-state index in [1.54, 1.807) is 11.1 Å². The first kappa shape index (κ1) is 17.4. The summed E-state index contributed by atoms with van der Waals surface area (Å²) in [6, 6.07) is 0. The van der Waals surface area contributed by atoms with Crippen LogP contribution >= 0.6 is 0 Å².